The summed E-state index contributed by atoms with van der Waals surface area (Å²) in [5, 5.41) is 13.8. The number of rotatable bonds is 2. The number of carbonyl (C=O) groups is 1. The minimum Gasteiger partial charge on any atom is -0.465 e. The highest BCUT2D eigenvalue weighted by Gasteiger charge is 2.16. The average molecular weight is 282 g/mol. The number of pyridine rings is 1. The molecular formula is C15H10N2O4. The lowest BCUT2D eigenvalue weighted by Crippen LogP contribution is -2.00. The van der Waals surface area contributed by atoms with Crippen LogP contribution in [0.3, 0.4) is 0 Å². The van der Waals surface area contributed by atoms with Gasteiger partial charge in [0, 0.05) is 23.8 Å². The Labute approximate surface area is 119 Å². The van der Waals surface area contributed by atoms with Crippen molar-refractivity contribution in [3.05, 3.63) is 58.4 Å². The molecule has 0 saturated heterocycles. The molecule has 0 aliphatic carbocycles. The summed E-state index contributed by atoms with van der Waals surface area (Å²) < 4.78 is 4.67. The second kappa shape index (κ2) is 4.82. The van der Waals surface area contributed by atoms with Gasteiger partial charge < -0.3 is 4.74 Å². The summed E-state index contributed by atoms with van der Waals surface area (Å²) in [6, 6.07) is 8.04. The van der Waals surface area contributed by atoms with Crippen molar-refractivity contribution in [2.24, 2.45) is 0 Å². The van der Waals surface area contributed by atoms with E-state index in [9.17, 15) is 14.9 Å². The Morgan fingerprint density at radius 3 is 2.71 bits per heavy atom. The van der Waals surface area contributed by atoms with Crippen LogP contribution in [-0.2, 0) is 4.74 Å². The van der Waals surface area contributed by atoms with Crippen LogP contribution in [0.25, 0.3) is 21.5 Å². The Hall–Kier alpha value is -3.02. The summed E-state index contributed by atoms with van der Waals surface area (Å²) in [7, 11) is 1.29. The first-order valence-electron chi connectivity index (χ1n) is 6.15. The van der Waals surface area contributed by atoms with Gasteiger partial charge in [0.05, 0.1) is 23.0 Å². The molecule has 104 valence electrons. The maximum atomic E-state index is 11.6. The second-order valence-corrected chi connectivity index (χ2v) is 4.50. The molecule has 0 radical (unpaired) electrons. The first kappa shape index (κ1) is 13.0. The highest BCUT2D eigenvalue weighted by Crippen LogP contribution is 2.33. The normalized spacial score (nSPS) is 10.7. The molecule has 3 aromatic rings. The third-order valence-electron chi connectivity index (χ3n) is 3.35. The van der Waals surface area contributed by atoms with Crippen LogP contribution in [0.2, 0.25) is 0 Å². The third kappa shape index (κ3) is 2.06. The molecule has 0 aliphatic heterocycles. The number of ether oxygens (including phenoxy) is 1. The van der Waals surface area contributed by atoms with Gasteiger partial charge in [-0.15, -0.1) is 0 Å². The molecule has 21 heavy (non-hydrogen) atoms. The van der Waals surface area contributed by atoms with Gasteiger partial charge >= 0.3 is 5.97 Å². The van der Waals surface area contributed by atoms with Crippen molar-refractivity contribution in [3.8, 4) is 0 Å². The summed E-state index contributed by atoms with van der Waals surface area (Å²) in [5.41, 5.74) is 0.337. The zero-order valence-electron chi connectivity index (χ0n) is 11.1. The van der Waals surface area contributed by atoms with Gasteiger partial charge in [-0.2, -0.15) is 0 Å². The SMILES string of the molecule is COC(=O)c1ccc2c(c1)cc([N+](=O)[O-])c1ccncc12. The molecule has 0 N–H and O–H groups in total. The van der Waals surface area contributed by atoms with E-state index in [-0.39, 0.29) is 5.69 Å². The largest absolute Gasteiger partial charge is 0.465 e. The van der Waals surface area contributed by atoms with Crippen molar-refractivity contribution in [1.29, 1.82) is 0 Å². The highest BCUT2D eigenvalue weighted by atomic mass is 16.6. The maximum Gasteiger partial charge on any atom is 0.337 e. The van der Waals surface area contributed by atoms with E-state index in [1.807, 2.05) is 0 Å². The summed E-state index contributed by atoms with van der Waals surface area (Å²) in [6.07, 6.45) is 3.10. The number of hydrogen-bond donors (Lipinski definition) is 0. The fraction of sp³-hybridized carbons (Fsp3) is 0.0667. The van der Waals surface area contributed by atoms with Gasteiger partial charge in [-0.1, -0.05) is 6.07 Å². The van der Waals surface area contributed by atoms with E-state index < -0.39 is 10.9 Å². The maximum absolute atomic E-state index is 11.6. The van der Waals surface area contributed by atoms with Crippen LogP contribution in [0.5, 0.6) is 0 Å². The smallest absolute Gasteiger partial charge is 0.337 e. The molecule has 0 atom stereocenters. The van der Waals surface area contributed by atoms with Crippen LogP contribution in [0, 0.1) is 10.1 Å². The van der Waals surface area contributed by atoms with Crippen molar-refractivity contribution < 1.29 is 14.5 Å². The molecule has 0 spiro atoms. The van der Waals surface area contributed by atoms with Crippen molar-refractivity contribution in [1.82, 2.24) is 4.98 Å². The summed E-state index contributed by atoms with van der Waals surface area (Å²) in [4.78, 5) is 26.4. The number of non-ortho nitro benzene ring substituents is 1. The summed E-state index contributed by atoms with van der Waals surface area (Å²) >= 11 is 0. The van der Waals surface area contributed by atoms with Crippen molar-refractivity contribution >= 4 is 33.2 Å². The standard InChI is InChI=1S/C15H10N2O4/c1-21-15(18)9-2-3-11-10(6-9)7-14(17(19)20)12-4-5-16-8-13(11)12/h2-8H,1H3. The lowest BCUT2D eigenvalue weighted by Gasteiger charge is -2.06. The number of nitrogens with zero attached hydrogens (tertiary/aromatic N) is 2. The van der Waals surface area contributed by atoms with E-state index in [0.29, 0.717) is 21.7 Å². The number of carbonyl (C=O) groups excluding carboxylic acids is 1. The van der Waals surface area contributed by atoms with E-state index in [2.05, 4.69) is 9.72 Å². The lowest BCUT2D eigenvalue weighted by atomic mass is 10.00. The number of esters is 1. The number of nitro groups is 1. The second-order valence-electron chi connectivity index (χ2n) is 4.50. The molecule has 3 rings (SSSR count). The van der Waals surface area contributed by atoms with E-state index in [4.69, 9.17) is 0 Å². The summed E-state index contributed by atoms with van der Waals surface area (Å²) in [6.45, 7) is 0. The molecule has 0 aliphatic rings. The molecule has 0 unspecified atom stereocenters. The topological polar surface area (TPSA) is 82.3 Å². The number of hydrogen-bond acceptors (Lipinski definition) is 5. The zero-order valence-corrected chi connectivity index (χ0v) is 11.1. The van der Waals surface area contributed by atoms with E-state index >= 15 is 0 Å². The van der Waals surface area contributed by atoms with Crippen molar-refractivity contribution in [2.45, 2.75) is 0 Å². The van der Waals surface area contributed by atoms with Gasteiger partial charge in [0.15, 0.2) is 0 Å². The van der Waals surface area contributed by atoms with Gasteiger partial charge in [-0.3, -0.25) is 15.1 Å². The average Bonchev–Trinajstić information content (AvgIpc) is 2.52. The number of methoxy groups -OCH3 is 1. The van der Waals surface area contributed by atoms with Gasteiger partial charge in [0.2, 0.25) is 0 Å². The highest BCUT2D eigenvalue weighted by molar-refractivity contribution is 6.12. The first-order chi connectivity index (χ1) is 10.1. The van der Waals surface area contributed by atoms with Crippen LogP contribution in [-0.4, -0.2) is 23.0 Å². The third-order valence-corrected chi connectivity index (χ3v) is 3.35. The quantitative estimate of drug-likeness (QED) is 0.312. The van der Waals surface area contributed by atoms with Crippen molar-refractivity contribution in [3.63, 3.8) is 0 Å². The molecular weight excluding hydrogens is 272 g/mol. The molecule has 0 bridgehead atoms. The van der Waals surface area contributed by atoms with E-state index in [0.717, 1.165) is 5.39 Å². The van der Waals surface area contributed by atoms with Crippen LogP contribution in [0.15, 0.2) is 42.7 Å². The van der Waals surface area contributed by atoms with E-state index in [1.165, 1.54) is 19.4 Å². The summed E-state index contributed by atoms with van der Waals surface area (Å²) in [5.74, 6) is -0.481. The van der Waals surface area contributed by atoms with Gasteiger partial charge in [-0.25, -0.2) is 4.79 Å². The fourth-order valence-corrected chi connectivity index (χ4v) is 2.38. The number of nitro benzene ring substituents is 1. The molecule has 0 saturated carbocycles. The van der Waals surface area contributed by atoms with Gasteiger partial charge in [0.25, 0.3) is 5.69 Å². The molecule has 0 amide bonds. The van der Waals surface area contributed by atoms with Crippen LogP contribution in [0.1, 0.15) is 10.4 Å². The molecule has 2 aromatic carbocycles. The predicted octanol–water partition coefficient (Wildman–Crippen LogP) is 3.08. The predicted molar refractivity (Wildman–Crippen MR) is 77.2 cm³/mol. The number of benzene rings is 2. The minimum atomic E-state index is -0.481. The number of fused-ring (bicyclic) bond motifs is 3. The van der Waals surface area contributed by atoms with Crippen LogP contribution < -0.4 is 0 Å². The van der Waals surface area contributed by atoms with Gasteiger partial charge in [0.1, 0.15) is 0 Å². The van der Waals surface area contributed by atoms with Crippen LogP contribution >= 0.6 is 0 Å². The molecule has 6 heteroatoms. The van der Waals surface area contributed by atoms with Crippen LogP contribution in [0.4, 0.5) is 5.69 Å². The Kier molecular flexibility index (Phi) is 2.98. The molecule has 1 aromatic heterocycles. The Bertz CT molecular complexity index is 889. The monoisotopic (exact) mass is 282 g/mol. The van der Waals surface area contributed by atoms with E-state index in [1.54, 1.807) is 30.5 Å². The lowest BCUT2D eigenvalue weighted by molar-refractivity contribution is -0.382. The Morgan fingerprint density at radius 2 is 2.00 bits per heavy atom. The van der Waals surface area contributed by atoms with Gasteiger partial charge in [-0.05, 0) is 29.0 Å². The molecule has 0 fully saturated rings. The first-order valence-corrected chi connectivity index (χ1v) is 6.15. The Balaban J connectivity index is 2.41. The molecule has 6 nitrogen and oxygen atoms in total. The Morgan fingerprint density at radius 1 is 1.19 bits per heavy atom. The number of aromatic nitrogens is 1. The fourth-order valence-electron chi connectivity index (χ4n) is 2.38. The van der Waals surface area contributed by atoms with Crippen molar-refractivity contribution in [2.75, 3.05) is 7.11 Å². The zero-order chi connectivity index (χ0) is 15.0. The molecule has 1 heterocycles. The minimum absolute atomic E-state index is 0.0121.